The van der Waals surface area contributed by atoms with Gasteiger partial charge in [0.1, 0.15) is 5.54 Å². The molecule has 25 heavy (non-hydrogen) atoms. The number of nitrogens with zero attached hydrogens (tertiary/aromatic N) is 1. The molecule has 0 aliphatic carbocycles. The van der Waals surface area contributed by atoms with Crippen molar-refractivity contribution in [1.29, 1.82) is 0 Å². The van der Waals surface area contributed by atoms with Gasteiger partial charge in [-0.3, -0.25) is 14.5 Å². The highest BCUT2D eigenvalue weighted by Crippen LogP contribution is 2.26. The van der Waals surface area contributed by atoms with Crippen LogP contribution >= 0.6 is 0 Å². The van der Waals surface area contributed by atoms with Gasteiger partial charge in [0, 0.05) is 5.69 Å². The van der Waals surface area contributed by atoms with Crippen molar-refractivity contribution in [2.45, 2.75) is 46.1 Å². The molecule has 2 N–H and O–H groups in total. The molecule has 0 unspecified atom stereocenters. The number of amides is 3. The Hall–Kier alpha value is -2.64. The fourth-order valence-electron chi connectivity index (χ4n) is 3.21. The van der Waals surface area contributed by atoms with Crippen LogP contribution in [-0.4, -0.2) is 52.8 Å². The summed E-state index contributed by atoms with van der Waals surface area (Å²) in [7, 11) is 1.26. The predicted molar refractivity (Wildman–Crippen MR) is 89.5 cm³/mol. The normalized spacial score (nSPS) is 16.1. The first-order chi connectivity index (χ1) is 11.7. The summed E-state index contributed by atoms with van der Waals surface area (Å²) in [5, 5.41) is 2.68. The highest BCUT2D eigenvalue weighted by Gasteiger charge is 2.49. The standard InChI is InChI=1S/C17H23N3O5/c1-6-17(7-2)15(23)20(16(24)19-17)8-11(21)13-9(3)12(10(4)18-13)14(22)25-5/h18H,6-8H2,1-5H3,(H,19,24). The average molecular weight is 349 g/mol. The van der Waals surface area contributed by atoms with E-state index >= 15 is 0 Å². The Balaban J connectivity index is 2.28. The zero-order valence-corrected chi connectivity index (χ0v) is 15.1. The number of carbonyl (C=O) groups excluding carboxylic acids is 4. The fourth-order valence-corrected chi connectivity index (χ4v) is 3.21. The van der Waals surface area contributed by atoms with Gasteiger partial charge in [0.05, 0.1) is 24.9 Å². The van der Waals surface area contributed by atoms with Crippen molar-refractivity contribution in [3.05, 3.63) is 22.5 Å². The van der Waals surface area contributed by atoms with Gasteiger partial charge >= 0.3 is 12.0 Å². The molecule has 1 aromatic heterocycles. The van der Waals surface area contributed by atoms with Gasteiger partial charge in [-0.2, -0.15) is 0 Å². The summed E-state index contributed by atoms with van der Waals surface area (Å²) in [6.45, 7) is 6.52. The quantitative estimate of drug-likeness (QED) is 0.462. The molecule has 1 aromatic rings. The molecule has 0 spiro atoms. The maximum Gasteiger partial charge on any atom is 0.339 e. The highest BCUT2D eigenvalue weighted by molar-refractivity contribution is 6.11. The number of aryl methyl sites for hydroxylation is 1. The van der Waals surface area contributed by atoms with Crippen molar-refractivity contribution in [1.82, 2.24) is 15.2 Å². The molecule has 0 radical (unpaired) electrons. The van der Waals surface area contributed by atoms with E-state index in [1.165, 1.54) is 7.11 Å². The van der Waals surface area contributed by atoms with Gasteiger partial charge in [0.2, 0.25) is 0 Å². The molecular weight excluding hydrogens is 326 g/mol. The fraction of sp³-hybridized carbons (Fsp3) is 0.529. The van der Waals surface area contributed by atoms with E-state index in [2.05, 4.69) is 10.3 Å². The maximum atomic E-state index is 12.6. The molecule has 0 atom stereocenters. The van der Waals surface area contributed by atoms with Crippen molar-refractivity contribution in [3.63, 3.8) is 0 Å². The zero-order chi connectivity index (χ0) is 18.9. The van der Waals surface area contributed by atoms with Crippen LogP contribution in [0.3, 0.4) is 0 Å². The highest BCUT2D eigenvalue weighted by atomic mass is 16.5. The minimum atomic E-state index is -0.949. The Morgan fingerprint density at radius 1 is 1.16 bits per heavy atom. The largest absolute Gasteiger partial charge is 0.465 e. The number of hydrogen-bond acceptors (Lipinski definition) is 5. The molecule has 8 heteroatoms. The molecule has 2 heterocycles. The SMILES string of the molecule is CCC1(CC)NC(=O)N(CC(=O)c2[nH]c(C)c(C(=O)OC)c2C)C1=O. The lowest BCUT2D eigenvalue weighted by Gasteiger charge is -2.22. The summed E-state index contributed by atoms with van der Waals surface area (Å²) in [4.78, 5) is 53.0. The average Bonchev–Trinajstić information content (AvgIpc) is 3.02. The van der Waals surface area contributed by atoms with Gasteiger partial charge in [0.15, 0.2) is 5.78 Å². The molecule has 1 aliphatic rings. The topological polar surface area (TPSA) is 109 Å². The summed E-state index contributed by atoms with van der Waals surface area (Å²) in [6.07, 6.45) is 0.901. The summed E-state index contributed by atoms with van der Waals surface area (Å²) in [5.74, 6) is -1.39. The summed E-state index contributed by atoms with van der Waals surface area (Å²) in [6, 6.07) is -0.573. The molecule has 1 saturated heterocycles. The molecule has 0 bridgehead atoms. The van der Waals surface area contributed by atoms with Crippen molar-refractivity contribution in [3.8, 4) is 0 Å². The number of ketones is 1. The number of imide groups is 1. The zero-order valence-electron chi connectivity index (χ0n) is 15.1. The van der Waals surface area contributed by atoms with Gasteiger partial charge in [-0.1, -0.05) is 13.8 Å². The number of carbonyl (C=O) groups is 4. The number of esters is 1. The molecular formula is C17H23N3O5. The third-order valence-electron chi connectivity index (χ3n) is 4.86. The molecule has 0 saturated carbocycles. The third-order valence-corrected chi connectivity index (χ3v) is 4.86. The van der Waals surface area contributed by atoms with Gasteiger partial charge < -0.3 is 15.0 Å². The Morgan fingerprint density at radius 2 is 1.76 bits per heavy atom. The molecule has 1 fully saturated rings. The predicted octanol–water partition coefficient (Wildman–Crippen LogP) is 1.71. The number of methoxy groups -OCH3 is 1. The first-order valence-electron chi connectivity index (χ1n) is 8.17. The van der Waals surface area contributed by atoms with E-state index in [1.54, 1.807) is 13.8 Å². The Kier molecular flexibility index (Phi) is 5.01. The van der Waals surface area contributed by atoms with Crippen molar-refractivity contribution >= 4 is 23.7 Å². The Bertz CT molecular complexity index is 746. The Labute approximate surface area is 145 Å². The minimum absolute atomic E-state index is 0.198. The molecule has 1 aliphatic heterocycles. The van der Waals surface area contributed by atoms with Crippen LogP contribution in [0.25, 0.3) is 0 Å². The Morgan fingerprint density at radius 3 is 2.24 bits per heavy atom. The summed E-state index contributed by atoms with van der Waals surface area (Å²) < 4.78 is 4.72. The second kappa shape index (κ2) is 6.70. The number of hydrogen-bond donors (Lipinski definition) is 2. The number of rotatable bonds is 6. The van der Waals surface area contributed by atoms with Crippen LogP contribution in [0.5, 0.6) is 0 Å². The number of H-pyrrole nitrogens is 1. The first kappa shape index (κ1) is 18.7. The number of Topliss-reactive ketones (excluding diaryl/α,β-unsaturated/α-hetero) is 1. The monoisotopic (exact) mass is 349 g/mol. The van der Waals surface area contributed by atoms with E-state index in [9.17, 15) is 19.2 Å². The smallest absolute Gasteiger partial charge is 0.339 e. The summed E-state index contributed by atoms with van der Waals surface area (Å²) >= 11 is 0. The van der Waals surface area contributed by atoms with Crippen molar-refractivity contribution in [2.75, 3.05) is 13.7 Å². The lowest BCUT2D eigenvalue weighted by atomic mass is 9.93. The van der Waals surface area contributed by atoms with E-state index < -0.39 is 29.2 Å². The van der Waals surface area contributed by atoms with E-state index in [0.29, 0.717) is 29.7 Å². The lowest BCUT2D eigenvalue weighted by molar-refractivity contribution is -0.131. The minimum Gasteiger partial charge on any atom is -0.465 e. The van der Waals surface area contributed by atoms with Crippen LogP contribution < -0.4 is 5.32 Å². The van der Waals surface area contributed by atoms with Crippen LogP contribution in [0.4, 0.5) is 4.79 Å². The molecule has 0 aromatic carbocycles. The van der Waals surface area contributed by atoms with E-state index in [0.717, 1.165) is 4.90 Å². The molecule has 8 nitrogen and oxygen atoms in total. The number of aromatic nitrogens is 1. The number of ether oxygens (including phenoxy) is 1. The van der Waals surface area contributed by atoms with Crippen molar-refractivity contribution in [2.24, 2.45) is 0 Å². The van der Waals surface area contributed by atoms with Gasteiger partial charge in [-0.25, -0.2) is 9.59 Å². The first-order valence-corrected chi connectivity index (χ1v) is 8.17. The third kappa shape index (κ3) is 2.92. The molecule has 136 valence electrons. The number of aromatic amines is 1. The molecule has 2 rings (SSSR count). The number of nitrogens with one attached hydrogen (secondary N) is 2. The van der Waals surface area contributed by atoms with Crippen LogP contribution in [0.1, 0.15) is 58.8 Å². The van der Waals surface area contributed by atoms with Crippen LogP contribution in [-0.2, 0) is 9.53 Å². The summed E-state index contributed by atoms with van der Waals surface area (Å²) in [5.41, 5.74) is 0.485. The van der Waals surface area contributed by atoms with E-state index in [-0.39, 0.29) is 12.2 Å². The van der Waals surface area contributed by atoms with Crippen LogP contribution in [0.15, 0.2) is 0 Å². The van der Waals surface area contributed by atoms with E-state index in [1.807, 2.05) is 13.8 Å². The molecule has 3 amide bonds. The van der Waals surface area contributed by atoms with Gasteiger partial charge in [-0.05, 0) is 32.3 Å². The second-order valence-corrected chi connectivity index (χ2v) is 6.15. The lowest BCUT2D eigenvalue weighted by Crippen LogP contribution is -2.46. The van der Waals surface area contributed by atoms with E-state index in [4.69, 9.17) is 4.74 Å². The van der Waals surface area contributed by atoms with Gasteiger partial charge in [0.25, 0.3) is 5.91 Å². The van der Waals surface area contributed by atoms with Crippen molar-refractivity contribution < 1.29 is 23.9 Å². The second-order valence-electron chi connectivity index (χ2n) is 6.15. The van der Waals surface area contributed by atoms with Crippen LogP contribution in [0.2, 0.25) is 0 Å². The van der Waals surface area contributed by atoms with Gasteiger partial charge in [-0.15, -0.1) is 0 Å². The number of urea groups is 1. The van der Waals surface area contributed by atoms with Crippen LogP contribution in [0, 0.1) is 13.8 Å². The maximum absolute atomic E-state index is 12.6.